The number of amides is 1. The number of rotatable bonds is 8. The lowest BCUT2D eigenvalue weighted by atomic mass is 10.1. The lowest BCUT2D eigenvalue weighted by Gasteiger charge is -2.16. The molecule has 1 heterocycles. The Balaban J connectivity index is 1.65. The average Bonchev–Trinajstić information content (AvgIpc) is 3.08. The predicted molar refractivity (Wildman–Crippen MR) is 108 cm³/mol. The van der Waals surface area contributed by atoms with Gasteiger partial charge >= 0.3 is 0 Å². The van der Waals surface area contributed by atoms with E-state index in [4.69, 9.17) is 9.26 Å². The predicted octanol–water partition coefficient (Wildman–Crippen LogP) is 2.84. The second-order valence-electron chi connectivity index (χ2n) is 6.83. The first-order chi connectivity index (χ1) is 14.0. The third-order valence-corrected chi connectivity index (χ3v) is 4.81. The van der Waals surface area contributed by atoms with Crippen molar-refractivity contribution >= 4 is 11.6 Å². The summed E-state index contributed by atoms with van der Waals surface area (Å²) in [6, 6.07) is 13.4. The van der Waals surface area contributed by atoms with Crippen LogP contribution in [0, 0.1) is 12.7 Å². The molecule has 3 rings (SSSR count). The maximum absolute atomic E-state index is 13.2. The number of aromatic nitrogens is 1. The largest absolute Gasteiger partial charge is 0.497 e. The van der Waals surface area contributed by atoms with Gasteiger partial charge in [-0.05, 0) is 50.2 Å². The normalized spacial score (nSPS) is 11.9. The van der Waals surface area contributed by atoms with Gasteiger partial charge in [-0.15, -0.1) is 0 Å². The van der Waals surface area contributed by atoms with Crippen LogP contribution in [-0.2, 0) is 11.3 Å². The van der Waals surface area contributed by atoms with Crippen LogP contribution in [0.3, 0.4) is 0 Å². The quantitative estimate of drug-likeness (QED) is 0.612. The summed E-state index contributed by atoms with van der Waals surface area (Å²) in [6.07, 6.45) is 0. The van der Waals surface area contributed by atoms with Crippen LogP contribution in [0.15, 0.2) is 53.1 Å². The van der Waals surface area contributed by atoms with E-state index in [0.29, 0.717) is 30.3 Å². The van der Waals surface area contributed by atoms with Gasteiger partial charge in [0.05, 0.1) is 13.7 Å². The minimum Gasteiger partial charge on any atom is -0.497 e. The zero-order valence-corrected chi connectivity index (χ0v) is 16.8. The van der Waals surface area contributed by atoms with Crippen LogP contribution in [-0.4, -0.2) is 31.3 Å². The van der Waals surface area contributed by atoms with Gasteiger partial charge in [0.2, 0.25) is 0 Å². The summed E-state index contributed by atoms with van der Waals surface area (Å²) in [6.45, 7) is 5.55. The van der Waals surface area contributed by atoms with Crippen molar-refractivity contribution in [3.63, 3.8) is 0 Å². The molecule has 3 aromatic rings. The highest BCUT2D eigenvalue weighted by molar-refractivity contribution is 5.91. The number of likely N-dealkylation sites (N-methyl/N-ethyl adjacent to an activating group) is 1. The van der Waals surface area contributed by atoms with Gasteiger partial charge in [-0.2, -0.15) is 0 Å². The van der Waals surface area contributed by atoms with E-state index in [-0.39, 0.29) is 11.7 Å². The summed E-state index contributed by atoms with van der Waals surface area (Å²) in [7, 11) is 1.59. The molecule has 1 atom stereocenters. The molecule has 1 amide bonds. The molecule has 0 aliphatic heterocycles. The third-order valence-electron chi connectivity index (χ3n) is 4.81. The fourth-order valence-electron chi connectivity index (χ4n) is 3.09. The summed E-state index contributed by atoms with van der Waals surface area (Å²) in [5.74, 6) is 0.926. The minimum absolute atomic E-state index is 0.0880. The lowest BCUT2D eigenvalue weighted by molar-refractivity contribution is -0.904. The number of quaternary nitrogens is 1. The van der Waals surface area contributed by atoms with Crippen molar-refractivity contribution in [1.82, 2.24) is 5.16 Å². The Morgan fingerprint density at radius 1 is 1.24 bits per heavy atom. The number of hydrogen-bond acceptors (Lipinski definition) is 4. The molecule has 0 aliphatic carbocycles. The number of ether oxygens (including phenoxy) is 1. The molecule has 152 valence electrons. The van der Waals surface area contributed by atoms with E-state index < -0.39 is 0 Å². The van der Waals surface area contributed by atoms with Gasteiger partial charge in [0.1, 0.15) is 23.8 Å². The van der Waals surface area contributed by atoms with Crippen LogP contribution < -0.4 is 15.0 Å². The molecule has 0 spiro atoms. The van der Waals surface area contributed by atoms with Crippen molar-refractivity contribution in [3.05, 3.63) is 65.6 Å². The summed E-state index contributed by atoms with van der Waals surface area (Å²) in [5, 5.41) is 7.08. The molecule has 1 aromatic heterocycles. The molecule has 0 saturated carbocycles. The molecule has 1 unspecified atom stereocenters. The molecule has 0 fully saturated rings. The first kappa shape index (κ1) is 20.5. The van der Waals surface area contributed by atoms with Gasteiger partial charge in [-0.25, -0.2) is 4.39 Å². The SMILES string of the molecule is CC[NH+](CC(=O)Nc1cccc(OC)c1)Cc1noc(-c2ccc(F)cc2)c1C. The van der Waals surface area contributed by atoms with E-state index in [1.54, 1.807) is 25.3 Å². The first-order valence-corrected chi connectivity index (χ1v) is 9.48. The van der Waals surface area contributed by atoms with Crippen LogP contribution >= 0.6 is 0 Å². The number of methoxy groups -OCH3 is 1. The van der Waals surface area contributed by atoms with Crippen LogP contribution in [0.2, 0.25) is 0 Å². The maximum Gasteiger partial charge on any atom is 0.279 e. The Labute approximate surface area is 169 Å². The summed E-state index contributed by atoms with van der Waals surface area (Å²) < 4.78 is 23.8. The summed E-state index contributed by atoms with van der Waals surface area (Å²) in [5.41, 5.74) is 3.16. The van der Waals surface area contributed by atoms with Crippen molar-refractivity contribution in [2.24, 2.45) is 0 Å². The number of carbonyl (C=O) groups excluding carboxylic acids is 1. The van der Waals surface area contributed by atoms with E-state index in [0.717, 1.165) is 28.3 Å². The maximum atomic E-state index is 13.2. The van der Waals surface area contributed by atoms with Gasteiger partial charge in [-0.3, -0.25) is 4.79 Å². The Kier molecular flexibility index (Phi) is 6.61. The first-order valence-electron chi connectivity index (χ1n) is 9.48. The monoisotopic (exact) mass is 398 g/mol. The van der Waals surface area contributed by atoms with Gasteiger partial charge in [-0.1, -0.05) is 11.2 Å². The second kappa shape index (κ2) is 9.34. The minimum atomic E-state index is -0.296. The summed E-state index contributed by atoms with van der Waals surface area (Å²) >= 11 is 0. The number of halogens is 1. The molecular weight excluding hydrogens is 373 g/mol. The van der Waals surface area contributed by atoms with Crippen LogP contribution in [0.5, 0.6) is 5.75 Å². The van der Waals surface area contributed by atoms with E-state index in [1.807, 2.05) is 32.0 Å². The van der Waals surface area contributed by atoms with Gasteiger partial charge < -0.3 is 19.5 Å². The Bertz CT molecular complexity index is 970. The van der Waals surface area contributed by atoms with Gasteiger partial charge in [0, 0.05) is 22.9 Å². The fraction of sp³-hybridized carbons (Fsp3) is 0.273. The Morgan fingerprint density at radius 2 is 2.00 bits per heavy atom. The standard InChI is InChI=1S/C22H24FN3O3/c1-4-26(14-21(27)24-18-6-5-7-19(12-18)28-3)13-20-15(2)22(29-25-20)16-8-10-17(23)11-9-16/h5-12H,4,13-14H2,1-3H3,(H,24,27)/p+1. The van der Waals surface area contributed by atoms with Crippen LogP contribution in [0.1, 0.15) is 18.2 Å². The van der Waals surface area contributed by atoms with Crippen molar-refractivity contribution < 1.29 is 23.3 Å². The number of benzene rings is 2. The highest BCUT2D eigenvalue weighted by atomic mass is 19.1. The van der Waals surface area contributed by atoms with E-state index in [9.17, 15) is 9.18 Å². The zero-order valence-electron chi connectivity index (χ0n) is 16.8. The van der Waals surface area contributed by atoms with Crippen molar-refractivity contribution in [2.75, 3.05) is 25.5 Å². The molecule has 0 aliphatic rings. The van der Waals surface area contributed by atoms with Crippen molar-refractivity contribution in [1.29, 1.82) is 0 Å². The highest BCUT2D eigenvalue weighted by Crippen LogP contribution is 2.25. The lowest BCUT2D eigenvalue weighted by Crippen LogP contribution is -3.11. The topological polar surface area (TPSA) is 68.8 Å². The number of nitrogens with one attached hydrogen (secondary N) is 2. The second-order valence-corrected chi connectivity index (χ2v) is 6.83. The summed E-state index contributed by atoms with van der Waals surface area (Å²) in [4.78, 5) is 13.5. The third kappa shape index (κ3) is 5.20. The molecule has 0 bridgehead atoms. The number of anilines is 1. The van der Waals surface area contributed by atoms with E-state index in [2.05, 4.69) is 10.5 Å². The van der Waals surface area contributed by atoms with E-state index in [1.165, 1.54) is 12.1 Å². The number of hydrogen-bond donors (Lipinski definition) is 2. The molecule has 29 heavy (non-hydrogen) atoms. The molecular formula is C22H25FN3O3+. The molecule has 6 nitrogen and oxygen atoms in total. The average molecular weight is 398 g/mol. The number of carbonyl (C=O) groups is 1. The molecule has 0 radical (unpaired) electrons. The Morgan fingerprint density at radius 3 is 2.69 bits per heavy atom. The van der Waals surface area contributed by atoms with Crippen LogP contribution in [0.4, 0.5) is 10.1 Å². The molecule has 7 heteroatoms. The van der Waals surface area contributed by atoms with Gasteiger partial charge in [0.25, 0.3) is 5.91 Å². The van der Waals surface area contributed by atoms with Crippen LogP contribution in [0.25, 0.3) is 11.3 Å². The highest BCUT2D eigenvalue weighted by Gasteiger charge is 2.20. The van der Waals surface area contributed by atoms with E-state index >= 15 is 0 Å². The molecule has 2 N–H and O–H groups in total. The fourth-order valence-corrected chi connectivity index (χ4v) is 3.09. The molecule has 0 saturated heterocycles. The zero-order chi connectivity index (χ0) is 20.8. The Hall–Kier alpha value is -3.19. The smallest absolute Gasteiger partial charge is 0.279 e. The van der Waals surface area contributed by atoms with Crippen molar-refractivity contribution in [2.45, 2.75) is 20.4 Å². The van der Waals surface area contributed by atoms with Gasteiger partial charge in [0.15, 0.2) is 12.3 Å². The molecule has 2 aromatic carbocycles. The van der Waals surface area contributed by atoms with Crippen molar-refractivity contribution in [3.8, 4) is 17.1 Å². The number of nitrogens with zero attached hydrogens (tertiary/aromatic N) is 1.